The summed E-state index contributed by atoms with van der Waals surface area (Å²) in [6.45, 7) is 1.95. The number of sulfonamides is 1. The second kappa shape index (κ2) is 7.17. The molecule has 0 saturated heterocycles. The first-order chi connectivity index (χ1) is 10.5. The molecule has 1 N–H and O–H groups in total. The minimum atomic E-state index is -3.84. The van der Waals surface area contributed by atoms with E-state index in [1.165, 1.54) is 12.1 Å². The summed E-state index contributed by atoms with van der Waals surface area (Å²) in [7, 11) is -3.84. The van der Waals surface area contributed by atoms with Gasteiger partial charge in [-0.25, -0.2) is 13.1 Å². The standard InChI is InChI=1S/C16H18N2O3S/c1-2-9-15(18-12-7-4-8-13-18)16(19)17-22(20,21)14-10-5-3-6-11-14/h3-8,10-13,15H,2,9H2,1H3/p+1. The van der Waals surface area contributed by atoms with E-state index in [9.17, 15) is 13.2 Å². The van der Waals surface area contributed by atoms with Gasteiger partial charge in [0, 0.05) is 18.6 Å². The largest absolute Gasteiger partial charge is 0.302 e. The molecular formula is C16H19N2O3S+. The van der Waals surface area contributed by atoms with Gasteiger partial charge < -0.3 is 0 Å². The number of rotatable bonds is 6. The average Bonchev–Trinajstić information content (AvgIpc) is 2.54. The van der Waals surface area contributed by atoms with Gasteiger partial charge in [0.25, 0.3) is 10.0 Å². The molecule has 1 aromatic heterocycles. The maximum absolute atomic E-state index is 12.4. The quantitative estimate of drug-likeness (QED) is 0.826. The molecule has 116 valence electrons. The number of nitrogens with zero attached hydrogens (tertiary/aromatic N) is 1. The van der Waals surface area contributed by atoms with Crippen molar-refractivity contribution in [1.82, 2.24) is 4.72 Å². The van der Waals surface area contributed by atoms with Crippen LogP contribution in [0.2, 0.25) is 0 Å². The van der Waals surface area contributed by atoms with Gasteiger partial charge in [0.2, 0.25) is 6.04 Å². The first-order valence-electron chi connectivity index (χ1n) is 7.12. The summed E-state index contributed by atoms with van der Waals surface area (Å²) < 4.78 is 28.4. The van der Waals surface area contributed by atoms with E-state index in [0.717, 1.165) is 6.42 Å². The van der Waals surface area contributed by atoms with E-state index in [1.54, 1.807) is 35.2 Å². The molecule has 5 nitrogen and oxygen atoms in total. The maximum atomic E-state index is 12.4. The molecule has 0 spiro atoms. The van der Waals surface area contributed by atoms with Crippen LogP contribution in [0.3, 0.4) is 0 Å². The van der Waals surface area contributed by atoms with Crippen LogP contribution in [-0.2, 0) is 14.8 Å². The fraction of sp³-hybridized carbons (Fsp3) is 0.250. The van der Waals surface area contributed by atoms with E-state index in [0.29, 0.717) is 6.42 Å². The minimum Gasteiger partial charge on any atom is -0.266 e. The summed E-state index contributed by atoms with van der Waals surface area (Å²) in [5.74, 6) is -0.526. The van der Waals surface area contributed by atoms with E-state index in [4.69, 9.17) is 0 Å². The molecule has 0 aliphatic heterocycles. The number of nitrogens with one attached hydrogen (secondary N) is 1. The predicted molar refractivity (Wildman–Crippen MR) is 82.4 cm³/mol. The van der Waals surface area contributed by atoms with Crippen molar-refractivity contribution in [2.24, 2.45) is 0 Å². The van der Waals surface area contributed by atoms with Gasteiger partial charge in [-0.2, -0.15) is 4.57 Å². The van der Waals surface area contributed by atoms with Crippen LogP contribution in [0.1, 0.15) is 25.8 Å². The molecule has 0 bridgehead atoms. The zero-order chi connectivity index (χ0) is 16.0. The van der Waals surface area contributed by atoms with Gasteiger partial charge >= 0.3 is 5.91 Å². The Morgan fingerprint density at radius 3 is 2.27 bits per heavy atom. The lowest BCUT2D eigenvalue weighted by Crippen LogP contribution is -2.49. The topological polar surface area (TPSA) is 67.1 Å². The molecule has 1 unspecified atom stereocenters. The van der Waals surface area contributed by atoms with Gasteiger partial charge in [-0.1, -0.05) is 31.2 Å². The van der Waals surface area contributed by atoms with Crippen LogP contribution >= 0.6 is 0 Å². The molecule has 0 fully saturated rings. The molecule has 6 heteroatoms. The molecule has 2 aromatic rings. The fourth-order valence-corrected chi connectivity index (χ4v) is 3.20. The van der Waals surface area contributed by atoms with Gasteiger partial charge in [0.1, 0.15) is 0 Å². The molecule has 1 amide bonds. The number of aromatic nitrogens is 1. The van der Waals surface area contributed by atoms with E-state index in [2.05, 4.69) is 4.72 Å². The van der Waals surface area contributed by atoms with Gasteiger partial charge in [-0.15, -0.1) is 0 Å². The lowest BCUT2D eigenvalue weighted by Gasteiger charge is -2.12. The molecule has 22 heavy (non-hydrogen) atoms. The third-order valence-corrected chi connectivity index (χ3v) is 4.61. The number of amides is 1. The first-order valence-corrected chi connectivity index (χ1v) is 8.60. The van der Waals surface area contributed by atoms with E-state index in [-0.39, 0.29) is 4.90 Å². The van der Waals surface area contributed by atoms with Crippen molar-refractivity contribution in [3.63, 3.8) is 0 Å². The average molecular weight is 319 g/mol. The van der Waals surface area contributed by atoms with Gasteiger partial charge in [0.05, 0.1) is 4.90 Å². The Labute approximate surface area is 130 Å². The highest BCUT2D eigenvalue weighted by Gasteiger charge is 2.30. The summed E-state index contributed by atoms with van der Waals surface area (Å²) in [4.78, 5) is 12.5. The Bertz CT molecular complexity index is 716. The second-order valence-electron chi connectivity index (χ2n) is 4.91. The van der Waals surface area contributed by atoms with Gasteiger partial charge in [-0.3, -0.25) is 4.79 Å². The van der Waals surface area contributed by atoms with Gasteiger partial charge in [0.15, 0.2) is 12.4 Å². The van der Waals surface area contributed by atoms with Crippen LogP contribution in [0.15, 0.2) is 65.8 Å². The van der Waals surface area contributed by atoms with Crippen LogP contribution in [0.25, 0.3) is 0 Å². The third-order valence-electron chi connectivity index (χ3n) is 3.25. The van der Waals surface area contributed by atoms with Crippen molar-refractivity contribution in [3.8, 4) is 0 Å². The highest BCUT2D eigenvalue weighted by molar-refractivity contribution is 7.90. The molecule has 1 aromatic carbocycles. The highest BCUT2D eigenvalue weighted by Crippen LogP contribution is 2.11. The second-order valence-corrected chi connectivity index (χ2v) is 6.59. The lowest BCUT2D eigenvalue weighted by atomic mass is 10.1. The molecular weight excluding hydrogens is 300 g/mol. The van der Waals surface area contributed by atoms with E-state index >= 15 is 0 Å². The van der Waals surface area contributed by atoms with Crippen molar-refractivity contribution in [2.75, 3.05) is 0 Å². The smallest absolute Gasteiger partial charge is 0.266 e. The summed E-state index contributed by atoms with van der Waals surface area (Å²) in [5, 5.41) is 0. The highest BCUT2D eigenvalue weighted by atomic mass is 32.2. The third kappa shape index (κ3) is 3.92. The van der Waals surface area contributed by atoms with Crippen molar-refractivity contribution >= 4 is 15.9 Å². The lowest BCUT2D eigenvalue weighted by molar-refractivity contribution is -0.710. The molecule has 2 rings (SSSR count). The molecule has 1 heterocycles. The minimum absolute atomic E-state index is 0.0802. The van der Waals surface area contributed by atoms with Crippen molar-refractivity contribution in [1.29, 1.82) is 0 Å². The normalized spacial score (nSPS) is 12.6. The Morgan fingerprint density at radius 1 is 1.09 bits per heavy atom. The monoisotopic (exact) mass is 319 g/mol. The maximum Gasteiger partial charge on any atom is 0.302 e. The van der Waals surface area contributed by atoms with Gasteiger partial charge in [-0.05, 0) is 18.6 Å². The molecule has 0 radical (unpaired) electrons. The number of pyridine rings is 1. The Morgan fingerprint density at radius 2 is 1.68 bits per heavy atom. The van der Waals surface area contributed by atoms with Crippen LogP contribution < -0.4 is 9.29 Å². The van der Waals surface area contributed by atoms with Crippen molar-refractivity contribution < 1.29 is 17.8 Å². The molecule has 0 aliphatic carbocycles. The summed E-state index contributed by atoms with van der Waals surface area (Å²) >= 11 is 0. The van der Waals surface area contributed by atoms with Crippen molar-refractivity contribution in [2.45, 2.75) is 30.7 Å². The summed E-state index contributed by atoms with van der Waals surface area (Å²) in [6.07, 6.45) is 4.85. The number of hydrogen-bond donors (Lipinski definition) is 1. The molecule has 1 atom stereocenters. The Kier molecular flexibility index (Phi) is 5.27. The zero-order valence-corrected chi connectivity index (χ0v) is 13.2. The van der Waals surface area contributed by atoms with Crippen LogP contribution in [0, 0.1) is 0 Å². The number of carbonyl (C=O) groups excluding carboxylic acids is 1. The fourth-order valence-electron chi connectivity index (χ4n) is 2.17. The molecule has 0 aliphatic rings. The van der Waals surface area contributed by atoms with Crippen LogP contribution in [-0.4, -0.2) is 14.3 Å². The number of hydrogen-bond acceptors (Lipinski definition) is 3. The summed E-state index contributed by atoms with van der Waals surface area (Å²) in [5.41, 5.74) is 0. The van der Waals surface area contributed by atoms with E-state index < -0.39 is 22.0 Å². The zero-order valence-electron chi connectivity index (χ0n) is 12.3. The number of benzene rings is 1. The Hall–Kier alpha value is -2.21. The Balaban J connectivity index is 2.22. The predicted octanol–water partition coefficient (Wildman–Crippen LogP) is 1.82. The SMILES string of the molecule is CCCC(C(=O)NS(=O)(=O)c1ccccc1)[n+]1ccccc1. The van der Waals surface area contributed by atoms with Crippen molar-refractivity contribution in [3.05, 3.63) is 60.9 Å². The van der Waals surface area contributed by atoms with Crippen LogP contribution in [0.5, 0.6) is 0 Å². The van der Waals surface area contributed by atoms with Crippen LogP contribution in [0.4, 0.5) is 0 Å². The first kappa shape index (κ1) is 16.2. The van der Waals surface area contributed by atoms with E-state index in [1.807, 2.05) is 25.1 Å². The number of carbonyl (C=O) groups is 1. The summed E-state index contributed by atoms with van der Waals surface area (Å²) in [6, 6.07) is 12.8. The molecule has 0 saturated carbocycles.